The van der Waals surface area contributed by atoms with Crippen LogP contribution in [0.5, 0.6) is 0 Å². The van der Waals surface area contributed by atoms with Crippen LogP contribution in [0, 0.1) is 23.7 Å². The maximum atomic E-state index is 10.7. The van der Waals surface area contributed by atoms with Crippen molar-refractivity contribution in [1.82, 2.24) is 0 Å². The third-order valence-electron chi connectivity index (χ3n) is 4.74. The minimum absolute atomic E-state index is 0.392. The normalized spacial score (nSPS) is 42.5. The van der Waals surface area contributed by atoms with E-state index in [9.17, 15) is 4.79 Å². The number of hydrogen-bond donors (Lipinski definition) is 0. The van der Waals surface area contributed by atoms with Crippen LogP contribution in [0.3, 0.4) is 0 Å². The predicted octanol–water partition coefficient (Wildman–Crippen LogP) is 3.82. The van der Waals surface area contributed by atoms with Crippen molar-refractivity contribution in [3.8, 4) is 0 Å². The average Bonchev–Trinajstić information content (AvgIpc) is 2.30. The fourth-order valence-corrected chi connectivity index (χ4v) is 3.51. The topological polar surface area (TPSA) is 17.1 Å². The maximum Gasteiger partial charge on any atom is 0.123 e. The van der Waals surface area contributed by atoms with Gasteiger partial charge in [-0.25, -0.2) is 0 Å². The number of carbonyl (C=O) groups is 1. The van der Waals surface area contributed by atoms with E-state index in [1.807, 2.05) is 0 Å². The first-order valence-corrected chi connectivity index (χ1v) is 6.75. The number of aldehydes is 1. The summed E-state index contributed by atoms with van der Waals surface area (Å²) < 4.78 is 0. The zero-order chi connectivity index (χ0) is 10.7. The molecule has 0 N–H and O–H groups in total. The summed E-state index contributed by atoms with van der Waals surface area (Å²) in [5.41, 5.74) is 0. The van der Waals surface area contributed by atoms with Crippen molar-refractivity contribution in [3.05, 3.63) is 0 Å². The molecule has 0 unspecified atom stereocenters. The van der Waals surface area contributed by atoms with Crippen molar-refractivity contribution in [3.63, 3.8) is 0 Å². The SMILES string of the molecule is CC1CCC(C2CCC(C=O)CC2)CC1. The van der Waals surface area contributed by atoms with Gasteiger partial charge in [0.1, 0.15) is 6.29 Å². The Morgan fingerprint density at radius 2 is 1.27 bits per heavy atom. The lowest BCUT2D eigenvalue weighted by atomic mass is 9.70. The Kier molecular flexibility index (Phi) is 3.82. The summed E-state index contributed by atoms with van der Waals surface area (Å²) in [7, 11) is 0. The van der Waals surface area contributed by atoms with Crippen LogP contribution in [0.2, 0.25) is 0 Å². The molecule has 1 nitrogen and oxygen atoms in total. The molecule has 86 valence electrons. The molecule has 0 heterocycles. The molecule has 2 rings (SSSR count). The second-order valence-corrected chi connectivity index (χ2v) is 5.83. The molecule has 0 atom stereocenters. The molecule has 0 aliphatic heterocycles. The van der Waals surface area contributed by atoms with E-state index in [-0.39, 0.29) is 0 Å². The summed E-state index contributed by atoms with van der Waals surface area (Å²) in [5.74, 6) is 3.30. The van der Waals surface area contributed by atoms with Gasteiger partial charge in [0.05, 0.1) is 0 Å². The molecule has 2 fully saturated rings. The Labute approximate surface area is 93.6 Å². The average molecular weight is 208 g/mol. The standard InChI is InChI=1S/C14H24O/c1-11-2-6-13(7-3-11)14-8-4-12(10-15)5-9-14/h10-14H,2-9H2,1H3. The van der Waals surface area contributed by atoms with E-state index in [4.69, 9.17) is 0 Å². The first-order chi connectivity index (χ1) is 7.29. The number of carbonyl (C=O) groups excluding carboxylic acids is 1. The predicted molar refractivity (Wildman–Crippen MR) is 62.6 cm³/mol. The Bertz CT molecular complexity index is 195. The van der Waals surface area contributed by atoms with E-state index in [0.717, 1.165) is 17.8 Å². The molecule has 2 aliphatic carbocycles. The third-order valence-corrected chi connectivity index (χ3v) is 4.74. The molecular weight excluding hydrogens is 184 g/mol. The molecule has 2 saturated carbocycles. The van der Waals surface area contributed by atoms with Crippen LogP contribution < -0.4 is 0 Å². The second-order valence-electron chi connectivity index (χ2n) is 5.83. The molecule has 0 aromatic heterocycles. The highest BCUT2D eigenvalue weighted by atomic mass is 16.1. The Morgan fingerprint density at radius 3 is 1.73 bits per heavy atom. The monoisotopic (exact) mass is 208 g/mol. The lowest BCUT2D eigenvalue weighted by molar-refractivity contribution is -0.112. The summed E-state index contributed by atoms with van der Waals surface area (Å²) in [6.45, 7) is 2.39. The molecule has 0 bridgehead atoms. The Morgan fingerprint density at radius 1 is 0.800 bits per heavy atom. The van der Waals surface area contributed by atoms with Crippen molar-refractivity contribution < 1.29 is 4.79 Å². The largest absolute Gasteiger partial charge is 0.303 e. The highest BCUT2D eigenvalue weighted by Gasteiger charge is 2.29. The van der Waals surface area contributed by atoms with Gasteiger partial charge in [0.15, 0.2) is 0 Å². The highest BCUT2D eigenvalue weighted by Crippen LogP contribution is 2.40. The van der Waals surface area contributed by atoms with Crippen molar-refractivity contribution in [2.45, 2.75) is 58.3 Å². The van der Waals surface area contributed by atoms with Crippen molar-refractivity contribution in [1.29, 1.82) is 0 Å². The van der Waals surface area contributed by atoms with Crippen molar-refractivity contribution in [2.75, 3.05) is 0 Å². The molecule has 0 radical (unpaired) electrons. The first kappa shape index (κ1) is 11.2. The Hall–Kier alpha value is -0.330. The molecule has 2 aliphatic rings. The van der Waals surface area contributed by atoms with E-state index >= 15 is 0 Å². The van der Waals surface area contributed by atoms with Crippen LogP contribution in [0.4, 0.5) is 0 Å². The summed E-state index contributed by atoms with van der Waals surface area (Å²) in [6, 6.07) is 0. The summed E-state index contributed by atoms with van der Waals surface area (Å²) in [6.07, 6.45) is 12.0. The summed E-state index contributed by atoms with van der Waals surface area (Å²) >= 11 is 0. The lowest BCUT2D eigenvalue weighted by Crippen LogP contribution is -2.25. The maximum absolute atomic E-state index is 10.7. The lowest BCUT2D eigenvalue weighted by Gasteiger charge is -2.36. The van der Waals surface area contributed by atoms with E-state index in [1.165, 1.54) is 57.7 Å². The van der Waals surface area contributed by atoms with Gasteiger partial charge in [-0.1, -0.05) is 19.8 Å². The van der Waals surface area contributed by atoms with E-state index in [1.54, 1.807) is 0 Å². The first-order valence-electron chi connectivity index (χ1n) is 6.75. The zero-order valence-electron chi connectivity index (χ0n) is 9.95. The van der Waals surface area contributed by atoms with Crippen LogP contribution in [-0.4, -0.2) is 6.29 Å². The third kappa shape index (κ3) is 2.83. The fourth-order valence-electron chi connectivity index (χ4n) is 3.51. The number of hydrogen-bond acceptors (Lipinski definition) is 1. The summed E-state index contributed by atoms with van der Waals surface area (Å²) in [4.78, 5) is 10.7. The van der Waals surface area contributed by atoms with Crippen LogP contribution >= 0.6 is 0 Å². The molecule has 0 amide bonds. The van der Waals surface area contributed by atoms with Gasteiger partial charge >= 0.3 is 0 Å². The van der Waals surface area contributed by atoms with E-state index in [2.05, 4.69) is 6.92 Å². The minimum Gasteiger partial charge on any atom is -0.303 e. The van der Waals surface area contributed by atoms with Crippen LogP contribution in [-0.2, 0) is 4.79 Å². The highest BCUT2D eigenvalue weighted by molar-refractivity contribution is 5.53. The van der Waals surface area contributed by atoms with Gasteiger partial charge in [-0.3, -0.25) is 0 Å². The van der Waals surface area contributed by atoms with Crippen molar-refractivity contribution in [2.24, 2.45) is 23.7 Å². The molecule has 0 spiro atoms. The Balaban J connectivity index is 1.78. The van der Waals surface area contributed by atoms with Gasteiger partial charge in [0, 0.05) is 5.92 Å². The van der Waals surface area contributed by atoms with E-state index in [0.29, 0.717) is 5.92 Å². The molecule has 15 heavy (non-hydrogen) atoms. The van der Waals surface area contributed by atoms with Crippen LogP contribution in [0.15, 0.2) is 0 Å². The smallest absolute Gasteiger partial charge is 0.123 e. The van der Waals surface area contributed by atoms with Gasteiger partial charge < -0.3 is 4.79 Å². The quantitative estimate of drug-likeness (QED) is 0.630. The zero-order valence-corrected chi connectivity index (χ0v) is 9.95. The van der Waals surface area contributed by atoms with Gasteiger partial charge in [0.2, 0.25) is 0 Å². The van der Waals surface area contributed by atoms with Gasteiger partial charge in [-0.05, 0) is 56.3 Å². The van der Waals surface area contributed by atoms with Crippen LogP contribution in [0.1, 0.15) is 58.3 Å². The van der Waals surface area contributed by atoms with E-state index < -0.39 is 0 Å². The van der Waals surface area contributed by atoms with Gasteiger partial charge in [0.25, 0.3) is 0 Å². The van der Waals surface area contributed by atoms with Crippen molar-refractivity contribution >= 4 is 6.29 Å². The molecule has 1 heteroatoms. The minimum atomic E-state index is 0.392. The summed E-state index contributed by atoms with van der Waals surface area (Å²) in [5, 5.41) is 0. The van der Waals surface area contributed by atoms with Gasteiger partial charge in [-0.15, -0.1) is 0 Å². The molecular formula is C14H24O. The molecule has 0 saturated heterocycles. The fraction of sp³-hybridized carbons (Fsp3) is 0.929. The van der Waals surface area contributed by atoms with Gasteiger partial charge in [-0.2, -0.15) is 0 Å². The van der Waals surface area contributed by atoms with Crippen LogP contribution in [0.25, 0.3) is 0 Å². The second kappa shape index (κ2) is 5.14. The molecule has 0 aromatic carbocycles. The molecule has 0 aromatic rings. The number of rotatable bonds is 2.